The molecule has 1 aliphatic heterocycles. The van der Waals surface area contributed by atoms with E-state index in [1.54, 1.807) is 6.20 Å². The Hall–Kier alpha value is -1.95. The van der Waals surface area contributed by atoms with E-state index in [9.17, 15) is 4.79 Å². The van der Waals surface area contributed by atoms with E-state index in [2.05, 4.69) is 10.1 Å². The number of hydrogen-bond acceptors (Lipinski definition) is 5. The van der Waals surface area contributed by atoms with Gasteiger partial charge in [0.1, 0.15) is 0 Å². The first-order valence-corrected chi connectivity index (χ1v) is 7.28. The van der Waals surface area contributed by atoms with Crippen molar-refractivity contribution in [1.29, 1.82) is 0 Å². The molecule has 1 fully saturated rings. The zero-order valence-electron chi connectivity index (χ0n) is 12.3. The quantitative estimate of drug-likeness (QED) is 0.861. The Bertz CT molecular complexity index is 647. The van der Waals surface area contributed by atoms with Crippen molar-refractivity contribution in [3.05, 3.63) is 23.5 Å². The predicted octanol–water partition coefficient (Wildman–Crippen LogP) is 2.03. The number of carbonyl (C=O) groups is 1. The third-order valence-electron chi connectivity index (χ3n) is 3.93. The molecule has 3 heterocycles. The molecule has 0 N–H and O–H groups in total. The van der Waals surface area contributed by atoms with Crippen LogP contribution in [0.5, 0.6) is 0 Å². The average molecular weight is 289 g/mol. The Labute approximate surface area is 123 Å². The topological polar surface area (TPSA) is 68.5 Å². The second kappa shape index (κ2) is 5.81. The highest BCUT2D eigenvalue weighted by Crippen LogP contribution is 2.19. The van der Waals surface area contributed by atoms with E-state index < -0.39 is 0 Å². The Morgan fingerprint density at radius 2 is 2.38 bits per heavy atom. The molecule has 1 atom stereocenters. The molecular formula is C15H19N3O3. The van der Waals surface area contributed by atoms with Crippen molar-refractivity contribution >= 4 is 17.0 Å². The Morgan fingerprint density at radius 1 is 1.52 bits per heavy atom. The van der Waals surface area contributed by atoms with Crippen LogP contribution in [0.2, 0.25) is 0 Å². The summed E-state index contributed by atoms with van der Waals surface area (Å²) in [6, 6.07) is 1.81. The zero-order chi connectivity index (χ0) is 14.8. The number of aryl methyl sites for hydroxylation is 1. The Kier molecular flexibility index (Phi) is 3.88. The molecule has 2 aromatic heterocycles. The molecule has 21 heavy (non-hydrogen) atoms. The van der Waals surface area contributed by atoms with E-state index in [0.29, 0.717) is 23.7 Å². The molecular weight excluding hydrogens is 270 g/mol. The predicted molar refractivity (Wildman–Crippen MR) is 77.0 cm³/mol. The second-order valence-electron chi connectivity index (χ2n) is 5.42. The van der Waals surface area contributed by atoms with Crippen molar-refractivity contribution in [3.8, 4) is 0 Å². The van der Waals surface area contributed by atoms with Crippen molar-refractivity contribution < 1.29 is 14.1 Å². The third-order valence-corrected chi connectivity index (χ3v) is 3.93. The number of pyridine rings is 1. The first kappa shape index (κ1) is 14.0. The molecule has 0 radical (unpaired) electrons. The summed E-state index contributed by atoms with van der Waals surface area (Å²) in [5.41, 5.74) is 1.80. The van der Waals surface area contributed by atoms with E-state index in [-0.39, 0.29) is 5.91 Å². The summed E-state index contributed by atoms with van der Waals surface area (Å²) in [6.45, 7) is 6.78. The number of nitrogens with zero attached hydrogens (tertiary/aromatic N) is 3. The van der Waals surface area contributed by atoms with Gasteiger partial charge in [-0.15, -0.1) is 0 Å². The van der Waals surface area contributed by atoms with Gasteiger partial charge < -0.3 is 14.2 Å². The first-order chi connectivity index (χ1) is 10.2. The first-order valence-electron chi connectivity index (χ1n) is 7.28. The van der Waals surface area contributed by atoms with Crippen molar-refractivity contribution in [3.63, 3.8) is 0 Å². The molecule has 0 bridgehead atoms. The highest BCUT2D eigenvalue weighted by molar-refractivity contribution is 5.97. The molecule has 0 aliphatic carbocycles. The average Bonchev–Trinajstić information content (AvgIpc) is 3.14. The van der Waals surface area contributed by atoms with Gasteiger partial charge in [-0.2, -0.15) is 0 Å². The fraction of sp³-hybridized carbons (Fsp3) is 0.533. The molecule has 0 spiro atoms. The maximum atomic E-state index is 12.6. The van der Waals surface area contributed by atoms with Crippen molar-refractivity contribution in [1.82, 2.24) is 15.0 Å². The molecule has 0 saturated carbocycles. The highest BCUT2D eigenvalue weighted by Gasteiger charge is 2.23. The minimum atomic E-state index is -0.000556. The molecule has 1 saturated heterocycles. The fourth-order valence-electron chi connectivity index (χ4n) is 2.64. The Balaban J connectivity index is 1.81. The smallest absolute Gasteiger partial charge is 0.257 e. The van der Waals surface area contributed by atoms with Crippen LogP contribution >= 0.6 is 0 Å². The number of fused-ring (bicyclic) bond motifs is 1. The Morgan fingerprint density at radius 3 is 3.10 bits per heavy atom. The van der Waals surface area contributed by atoms with Gasteiger partial charge in [0.2, 0.25) is 0 Å². The minimum Gasteiger partial charge on any atom is -0.381 e. The molecule has 2 aromatic rings. The van der Waals surface area contributed by atoms with Gasteiger partial charge in [0.05, 0.1) is 23.3 Å². The lowest BCUT2D eigenvalue weighted by Crippen LogP contribution is -2.35. The van der Waals surface area contributed by atoms with E-state index in [1.807, 2.05) is 24.8 Å². The molecule has 1 amide bonds. The number of amides is 1. The van der Waals surface area contributed by atoms with Gasteiger partial charge >= 0.3 is 0 Å². The van der Waals surface area contributed by atoms with E-state index in [4.69, 9.17) is 9.26 Å². The standard InChI is InChI=1S/C15H19N3O3/c1-3-18(8-11-4-5-20-9-11)15(19)12-6-13-10(2)17-21-14(13)16-7-12/h6-7,11H,3-5,8-9H2,1-2H3/t11-/m0/s1. The summed E-state index contributed by atoms with van der Waals surface area (Å²) in [5.74, 6) is 0.433. The van der Waals surface area contributed by atoms with Crippen molar-refractivity contribution in [2.75, 3.05) is 26.3 Å². The lowest BCUT2D eigenvalue weighted by Gasteiger charge is -2.23. The van der Waals surface area contributed by atoms with Gasteiger partial charge in [0.15, 0.2) is 0 Å². The minimum absolute atomic E-state index is 0.000556. The van der Waals surface area contributed by atoms with E-state index >= 15 is 0 Å². The third kappa shape index (κ3) is 2.76. The van der Waals surface area contributed by atoms with Crippen LogP contribution in [0.15, 0.2) is 16.8 Å². The summed E-state index contributed by atoms with van der Waals surface area (Å²) in [7, 11) is 0. The van der Waals surface area contributed by atoms with Crippen LogP contribution < -0.4 is 0 Å². The second-order valence-corrected chi connectivity index (χ2v) is 5.42. The molecule has 6 heteroatoms. The van der Waals surface area contributed by atoms with Crippen LogP contribution in [0.25, 0.3) is 11.1 Å². The van der Waals surface area contributed by atoms with Crippen LogP contribution in [0, 0.1) is 12.8 Å². The lowest BCUT2D eigenvalue weighted by atomic mass is 10.1. The molecule has 6 nitrogen and oxygen atoms in total. The van der Waals surface area contributed by atoms with Gasteiger partial charge in [-0.25, -0.2) is 4.98 Å². The van der Waals surface area contributed by atoms with Crippen LogP contribution in [-0.4, -0.2) is 47.3 Å². The van der Waals surface area contributed by atoms with E-state index in [1.165, 1.54) is 0 Å². The van der Waals surface area contributed by atoms with Crippen molar-refractivity contribution in [2.45, 2.75) is 20.3 Å². The van der Waals surface area contributed by atoms with Gasteiger partial charge in [-0.05, 0) is 26.3 Å². The number of rotatable bonds is 4. The number of carbonyl (C=O) groups excluding carboxylic acids is 1. The maximum Gasteiger partial charge on any atom is 0.257 e. The molecule has 3 rings (SSSR count). The van der Waals surface area contributed by atoms with Gasteiger partial charge in [-0.1, -0.05) is 5.16 Å². The summed E-state index contributed by atoms with van der Waals surface area (Å²) in [6.07, 6.45) is 2.58. The summed E-state index contributed by atoms with van der Waals surface area (Å²) in [4.78, 5) is 18.7. The number of hydrogen-bond donors (Lipinski definition) is 0. The lowest BCUT2D eigenvalue weighted by molar-refractivity contribution is 0.0730. The molecule has 0 aromatic carbocycles. The SMILES string of the molecule is CCN(C[C@@H]1CCOC1)C(=O)c1cnc2onc(C)c2c1. The summed E-state index contributed by atoms with van der Waals surface area (Å²) in [5, 5.41) is 4.66. The summed E-state index contributed by atoms with van der Waals surface area (Å²) < 4.78 is 10.5. The largest absolute Gasteiger partial charge is 0.381 e. The highest BCUT2D eigenvalue weighted by atomic mass is 16.5. The van der Waals surface area contributed by atoms with Crippen molar-refractivity contribution in [2.24, 2.45) is 5.92 Å². The van der Waals surface area contributed by atoms with Crippen LogP contribution in [0.1, 0.15) is 29.4 Å². The molecule has 0 unspecified atom stereocenters. The summed E-state index contributed by atoms with van der Waals surface area (Å²) >= 11 is 0. The van der Waals surface area contributed by atoms with Crippen LogP contribution in [0.4, 0.5) is 0 Å². The zero-order valence-corrected chi connectivity index (χ0v) is 12.3. The van der Waals surface area contributed by atoms with Gasteiger partial charge in [0, 0.05) is 31.8 Å². The maximum absolute atomic E-state index is 12.6. The molecule has 112 valence electrons. The van der Waals surface area contributed by atoms with Crippen LogP contribution in [0.3, 0.4) is 0 Å². The van der Waals surface area contributed by atoms with Gasteiger partial charge in [0.25, 0.3) is 11.6 Å². The van der Waals surface area contributed by atoms with Gasteiger partial charge in [-0.3, -0.25) is 4.79 Å². The monoisotopic (exact) mass is 289 g/mol. The molecule has 1 aliphatic rings. The van der Waals surface area contributed by atoms with Crippen LogP contribution in [-0.2, 0) is 4.74 Å². The number of aromatic nitrogens is 2. The fourth-order valence-corrected chi connectivity index (χ4v) is 2.64. The number of ether oxygens (including phenoxy) is 1. The van der Waals surface area contributed by atoms with E-state index in [0.717, 1.165) is 37.3 Å². The normalized spacial score (nSPS) is 18.3.